The minimum Gasteiger partial charge on any atom is -0.456 e. The van der Waals surface area contributed by atoms with E-state index in [4.69, 9.17) is 18.9 Å². The van der Waals surface area contributed by atoms with E-state index in [0.29, 0.717) is 44.9 Å². The number of nitro benzene ring substituents is 2. The lowest BCUT2D eigenvalue weighted by Crippen LogP contribution is -2.19. The Morgan fingerprint density at radius 3 is 1.65 bits per heavy atom. The second-order valence-corrected chi connectivity index (χ2v) is 19.7. The number of fused-ring (bicyclic) bond motifs is 2. The highest BCUT2D eigenvalue weighted by Crippen LogP contribution is 2.44. The van der Waals surface area contributed by atoms with Crippen LogP contribution in [-0.4, -0.2) is 48.0 Å². The summed E-state index contributed by atoms with van der Waals surface area (Å²) in [5, 5.41) is 30.9. The predicted octanol–water partition coefficient (Wildman–Crippen LogP) is 11.6. The van der Waals surface area contributed by atoms with Crippen LogP contribution in [-0.2, 0) is 20.2 Å². The van der Waals surface area contributed by atoms with Crippen molar-refractivity contribution in [2.75, 3.05) is 16.0 Å². The van der Waals surface area contributed by atoms with Gasteiger partial charge in [0.25, 0.3) is 31.6 Å². The van der Waals surface area contributed by atoms with Crippen molar-refractivity contribution < 1.29 is 59.3 Å². The molecule has 1 aliphatic heterocycles. The molecule has 2 aliphatic rings. The Morgan fingerprint density at radius 1 is 0.595 bits per heavy atom. The number of carbonyl (C=O) groups is 2. The van der Waals surface area contributed by atoms with E-state index in [9.17, 15) is 55.8 Å². The van der Waals surface area contributed by atoms with E-state index in [0.717, 1.165) is 11.6 Å². The highest BCUT2D eigenvalue weighted by molar-refractivity contribution is 7.86. The number of nitrogens with one attached hydrogen (secondary N) is 3. The van der Waals surface area contributed by atoms with Gasteiger partial charge in [0.15, 0.2) is 0 Å². The molecule has 0 saturated carbocycles. The van der Waals surface area contributed by atoms with Crippen molar-refractivity contribution in [3.8, 4) is 33.9 Å². The van der Waals surface area contributed by atoms with Crippen LogP contribution in [0.4, 0.5) is 49.4 Å². The Hall–Kier alpha value is -9.03. The van der Waals surface area contributed by atoms with Gasteiger partial charge in [-0.2, -0.15) is 16.8 Å². The number of rotatable bonds is 12. The fourth-order valence-electron chi connectivity index (χ4n) is 8.58. The average molecular weight is 1040 g/mol. The van der Waals surface area contributed by atoms with E-state index in [1.54, 1.807) is 58.9 Å². The smallest absolute Gasteiger partial charge is 0.417 e. The molecule has 0 aromatic heterocycles. The molecule has 378 valence electrons. The van der Waals surface area contributed by atoms with Crippen LogP contribution in [0.5, 0.6) is 11.5 Å². The number of non-ortho nitro benzene ring substituents is 2. The Labute approximate surface area is 421 Å². The average Bonchev–Trinajstić information content (AvgIpc) is 3.33. The van der Waals surface area contributed by atoms with Crippen LogP contribution in [0.2, 0.25) is 0 Å². The SMILES string of the molecule is Cc1cc(C)c(NC(=O)Oc2ccc([N+](=O)[O-])cc2)c(C)c1N=c1cc2oc3cc(Nc4c(C)cc(C)c(NC(=O)Oc5ccc([N+](=O)[O-])cc5)c4C)ccc3c(-c3ccccc3S(=O)(=O)O)c-2cc1S(=O)(=O)O. The lowest BCUT2D eigenvalue weighted by atomic mass is 9.93. The van der Waals surface area contributed by atoms with Gasteiger partial charge in [0.2, 0.25) is 0 Å². The maximum atomic E-state index is 13.3. The summed E-state index contributed by atoms with van der Waals surface area (Å²) in [5.41, 5.74) is 5.05. The molecule has 0 bridgehead atoms. The number of nitrogens with zero attached hydrogens (tertiary/aromatic N) is 3. The fourth-order valence-corrected chi connectivity index (χ4v) is 9.92. The van der Waals surface area contributed by atoms with Gasteiger partial charge in [-0.15, -0.1) is 0 Å². The Kier molecular flexibility index (Phi) is 13.8. The van der Waals surface area contributed by atoms with Crippen LogP contribution in [0.1, 0.15) is 33.4 Å². The molecule has 0 spiro atoms. The molecule has 1 aliphatic carbocycles. The summed E-state index contributed by atoms with van der Waals surface area (Å²) >= 11 is 0. The molecule has 21 nitrogen and oxygen atoms in total. The zero-order chi connectivity index (χ0) is 53.6. The molecular formula is C51H42N6O15S2. The van der Waals surface area contributed by atoms with E-state index in [1.807, 2.05) is 13.0 Å². The molecule has 1 heterocycles. The molecule has 0 fully saturated rings. The predicted molar refractivity (Wildman–Crippen MR) is 273 cm³/mol. The second-order valence-electron chi connectivity index (χ2n) is 17.0. The summed E-state index contributed by atoms with van der Waals surface area (Å²) < 4.78 is 91.0. The van der Waals surface area contributed by atoms with E-state index in [-0.39, 0.29) is 73.0 Å². The van der Waals surface area contributed by atoms with Crippen LogP contribution in [0, 0.1) is 61.8 Å². The number of hydrogen-bond donors (Lipinski definition) is 5. The summed E-state index contributed by atoms with van der Waals surface area (Å²) in [5.74, 6) is 0.0345. The van der Waals surface area contributed by atoms with E-state index in [1.165, 1.54) is 78.9 Å². The number of hydrogen-bond acceptors (Lipinski definition) is 15. The molecule has 5 N–H and O–H groups in total. The third-order valence-corrected chi connectivity index (χ3v) is 13.7. The minimum atomic E-state index is -5.13. The molecule has 0 radical (unpaired) electrons. The summed E-state index contributed by atoms with van der Waals surface area (Å²) in [6.07, 6.45) is -1.81. The van der Waals surface area contributed by atoms with Gasteiger partial charge >= 0.3 is 12.2 Å². The molecule has 2 amide bonds. The molecule has 0 unspecified atom stereocenters. The molecule has 0 saturated heterocycles. The highest BCUT2D eigenvalue weighted by atomic mass is 32.2. The maximum absolute atomic E-state index is 13.3. The first kappa shape index (κ1) is 51.3. The van der Waals surface area contributed by atoms with Crippen LogP contribution in [0.25, 0.3) is 33.4 Å². The van der Waals surface area contributed by atoms with Gasteiger partial charge in [0.1, 0.15) is 32.6 Å². The molecule has 23 heteroatoms. The lowest BCUT2D eigenvalue weighted by Gasteiger charge is -2.21. The van der Waals surface area contributed by atoms with Crippen molar-refractivity contribution in [3.63, 3.8) is 0 Å². The normalized spacial score (nSPS) is 11.9. The molecule has 0 atom stereocenters. The topological polar surface area (TPSA) is 309 Å². The maximum Gasteiger partial charge on any atom is 0.417 e. The van der Waals surface area contributed by atoms with Crippen molar-refractivity contribution in [3.05, 3.63) is 174 Å². The molecular weight excluding hydrogens is 1000 g/mol. The summed E-state index contributed by atoms with van der Waals surface area (Å²) in [6.45, 7) is 10.4. The van der Waals surface area contributed by atoms with Gasteiger partial charge in [-0.05, 0) is 123 Å². The van der Waals surface area contributed by atoms with E-state index in [2.05, 4.69) is 16.0 Å². The molecule has 8 rings (SSSR count). The standard InChI is InChI=1S/C51H42N6O15S2/c1-26-21-28(3)48(54-50(58)70-35-16-12-33(13-17-35)56(60)61)30(5)46(26)52-32-11-20-37-41(23-32)72-42-25-40(44(74(67,68)69)24-39(42)45(37)38-9-7-8-10-43(38)73(64,65)66)53-47-27(2)22-29(4)49(31(47)6)55-51(59)71-36-18-14-34(15-19-36)57(62)63/h7-25,52H,1-6H3,(H,54,58)(H,55,59)(H,64,65,66)(H,67,68,69). The second kappa shape index (κ2) is 19.9. The van der Waals surface area contributed by atoms with Gasteiger partial charge in [0.05, 0.1) is 32.3 Å². The van der Waals surface area contributed by atoms with Crippen molar-refractivity contribution in [2.24, 2.45) is 4.99 Å². The summed E-state index contributed by atoms with van der Waals surface area (Å²) in [6, 6.07) is 25.9. The number of nitro groups is 2. The van der Waals surface area contributed by atoms with Crippen LogP contribution in [0.15, 0.2) is 134 Å². The molecule has 74 heavy (non-hydrogen) atoms. The summed E-state index contributed by atoms with van der Waals surface area (Å²) in [7, 11) is -10.0. The monoisotopic (exact) mass is 1040 g/mol. The first-order valence-corrected chi connectivity index (χ1v) is 24.8. The van der Waals surface area contributed by atoms with Crippen molar-refractivity contribution >= 4 is 83.2 Å². The fraction of sp³-hybridized carbons (Fsp3) is 0.118. The Balaban J connectivity index is 1.25. The lowest BCUT2D eigenvalue weighted by molar-refractivity contribution is -0.385. The minimum absolute atomic E-state index is 0.00358. The zero-order valence-corrected chi connectivity index (χ0v) is 41.5. The number of benzene rings is 7. The van der Waals surface area contributed by atoms with Gasteiger partial charge in [-0.25, -0.2) is 14.6 Å². The highest BCUT2D eigenvalue weighted by Gasteiger charge is 2.28. The number of aryl methyl sites for hydroxylation is 4. The Bertz CT molecular complexity index is 3930. The molecule has 6 aromatic rings. The largest absolute Gasteiger partial charge is 0.456 e. The summed E-state index contributed by atoms with van der Waals surface area (Å²) in [4.78, 5) is 50.7. The first-order chi connectivity index (χ1) is 34.9. The third-order valence-electron chi connectivity index (χ3n) is 11.9. The number of amides is 2. The van der Waals surface area contributed by atoms with E-state index < -0.39 is 52.1 Å². The van der Waals surface area contributed by atoms with Crippen LogP contribution in [0.3, 0.4) is 0 Å². The quantitative estimate of drug-likeness (QED) is 0.0329. The molecule has 6 aromatic carbocycles. The first-order valence-electron chi connectivity index (χ1n) is 22.0. The number of carbonyl (C=O) groups excluding carboxylic acids is 2. The van der Waals surface area contributed by atoms with Crippen LogP contribution >= 0.6 is 0 Å². The zero-order valence-electron chi connectivity index (χ0n) is 39.8. The van der Waals surface area contributed by atoms with Crippen molar-refractivity contribution in [1.82, 2.24) is 0 Å². The van der Waals surface area contributed by atoms with Crippen LogP contribution < -0.4 is 30.8 Å². The third kappa shape index (κ3) is 10.6. The van der Waals surface area contributed by atoms with E-state index >= 15 is 0 Å². The van der Waals surface area contributed by atoms with Crippen molar-refractivity contribution in [2.45, 2.75) is 51.3 Å². The van der Waals surface area contributed by atoms with Gasteiger partial charge in [-0.3, -0.25) is 40.0 Å². The van der Waals surface area contributed by atoms with Gasteiger partial charge < -0.3 is 19.2 Å². The van der Waals surface area contributed by atoms with Gasteiger partial charge in [-0.1, -0.05) is 30.3 Å². The number of ether oxygens (including phenoxy) is 2. The van der Waals surface area contributed by atoms with Crippen molar-refractivity contribution in [1.29, 1.82) is 0 Å². The number of anilines is 4. The Morgan fingerprint density at radius 2 is 1.11 bits per heavy atom. The van der Waals surface area contributed by atoms with Gasteiger partial charge in [0, 0.05) is 69.8 Å².